The van der Waals surface area contributed by atoms with E-state index in [4.69, 9.17) is 0 Å². The van der Waals surface area contributed by atoms with Crippen LogP contribution in [0.3, 0.4) is 0 Å². The lowest BCUT2D eigenvalue weighted by Crippen LogP contribution is -2.56. The molecular formula is C16H28IN5O2. The zero-order valence-electron chi connectivity index (χ0n) is 14.7. The van der Waals surface area contributed by atoms with Crippen molar-refractivity contribution in [1.29, 1.82) is 0 Å². The Bertz CT molecular complexity index is 521. The first-order valence-corrected chi connectivity index (χ1v) is 8.05. The lowest BCUT2D eigenvalue weighted by atomic mass is 10.1. The maximum atomic E-state index is 11.8. The summed E-state index contributed by atoms with van der Waals surface area (Å²) >= 11 is 0. The Morgan fingerprint density at radius 2 is 2.12 bits per heavy atom. The highest BCUT2D eigenvalue weighted by Crippen LogP contribution is 2.22. The van der Waals surface area contributed by atoms with Gasteiger partial charge < -0.3 is 20.0 Å². The number of guanidine groups is 1. The van der Waals surface area contributed by atoms with Crippen molar-refractivity contribution in [3.8, 4) is 0 Å². The fourth-order valence-corrected chi connectivity index (χ4v) is 2.84. The third-order valence-corrected chi connectivity index (χ3v) is 4.21. The van der Waals surface area contributed by atoms with Gasteiger partial charge in [-0.15, -0.1) is 24.0 Å². The van der Waals surface area contributed by atoms with Gasteiger partial charge in [-0.2, -0.15) is 0 Å². The number of likely N-dealkylation sites (N-methyl/N-ethyl adjacent to an activating group) is 1. The molecule has 2 aliphatic heterocycles. The summed E-state index contributed by atoms with van der Waals surface area (Å²) < 4.78 is 0. The molecule has 2 amide bonds. The normalized spacial score (nSPS) is 20.4. The Morgan fingerprint density at radius 1 is 1.42 bits per heavy atom. The number of nitrogens with zero attached hydrogens (tertiary/aromatic N) is 4. The van der Waals surface area contributed by atoms with Gasteiger partial charge in [0.2, 0.25) is 11.8 Å². The highest BCUT2D eigenvalue weighted by atomic mass is 127. The van der Waals surface area contributed by atoms with Crippen molar-refractivity contribution in [2.75, 3.05) is 46.8 Å². The van der Waals surface area contributed by atoms with Gasteiger partial charge in [0.1, 0.15) is 6.54 Å². The molecule has 2 rings (SSSR count). The first-order valence-electron chi connectivity index (χ1n) is 8.05. The number of fused-ring (bicyclic) bond motifs is 1. The van der Waals surface area contributed by atoms with Crippen molar-refractivity contribution in [1.82, 2.24) is 20.0 Å². The lowest BCUT2D eigenvalue weighted by molar-refractivity contribution is -0.130. The fourth-order valence-electron chi connectivity index (χ4n) is 2.84. The van der Waals surface area contributed by atoms with E-state index in [1.165, 1.54) is 4.90 Å². The van der Waals surface area contributed by atoms with Crippen LogP contribution in [0.25, 0.3) is 0 Å². The van der Waals surface area contributed by atoms with Crippen molar-refractivity contribution < 1.29 is 9.59 Å². The summed E-state index contributed by atoms with van der Waals surface area (Å²) in [5.41, 5.74) is 1.01. The second-order valence-electron chi connectivity index (χ2n) is 6.46. The molecule has 2 saturated heterocycles. The van der Waals surface area contributed by atoms with Crippen molar-refractivity contribution in [2.24, 2.45) is 4.99 Å². The number of piperazine rings is 1. The summed E-state index contributed by atoms with van der Waals surface area (Å²) in [4.78, 5) is 33.7. The number of halogens is 1. The molecule has 2 aliphatic rings. The third-order valence-electron chi connectivity index (χ3n) is 4.21. The molecule has 1 N–H and O–H groups in total. The van der Waals surface area contributed by atoms with Crippen molar-refractivity contribution in [3.05, 3.63) is 12.2 Å². The number of aliphatic imine (C=N–C) groups is 1. The molecule has 8 heteroatoms. The minimum absolute atomic E-state index is 0. The van der Waals surface area contributed by atoms with Crippen LogP contribution in [0.5, 0.6) is 0 Å². The molecule has 0 saturated carbocycles. The number of nitrogens with one attached hydrogen (secondary N) is 1. The number of hydrogen-bond donors (Lipinski definition) is 1. The highest BCUT2D eigenvalue weighted by Gasteiger charge is 2.36. The summed E-state index contributed by atoms with van der Waals surface area (Å²) in [6, 6.07) is 0.262. The molecule has 0 aromatic rings. The van der Waals surface area contributed by atoms with E-state index in [-0.39, 0.29) is 48.4 Å². The summed E-state index contributed by atoms with van der Waals surface area (Å²) in [6.07, 6.45) is 1.54. The van der Waals surface area contributed by atoms with E-state index in [9.17, 15) is 9.59 Å². The predicted molar refractivity (Wildman–Crippen MR) is 106 cm³/mol. The van der Waals surface area contributed by atoms with Crippen molar-refractivity contribution in [2.45, 2.75) is 25.8 Å². The van der Waals surface area contributed by atoms with Gasteiger partial charge in [0, 0.05) is 52.7 Å². The molecule has 0 aliphatic carbocycles. The van der Waals surface area contributed by atoms with Crippen LogP contribution in [-0.4, -0.2) is 85.3 Å². The van der Waals surface area contributed by atoms with Crippen LogP contribution >= 0.6 is 24.0 Å². The largest absolute Gasteiger partial charge is 0.352 e. The molecule has 0 bridgehead atoms. The summed E-state index contributed by atoms with van der Waals surface area (Å²) in [7, 11) is 3.45. The Balaban J connectivity index is 0.00000288. The van der Waals surface area contributed by atoms with Crippen LogP contribution in [-0.2, 0) is 9.59 Å². The smallest absolute Gasteiger partial charge is 0.243 e. The topological polar surface area (TPSA) is 68.2 Å². The highest BCUT2D eigenvalue weighted by molar-refractivity contribution is 14.0. The first kappa shape index (κ1) is 20.7. The van der Waals surface area contributed by atoms with Gasteiger partial charge >= 0.3 is 0 Å². The Labute approximate surface area is 161 Å². The molecule has 2 heterocycles. The molecule has 0 aromatic carbocycles. The van der Waals surface area contributed by atoms with E-state index in [0.29, 0.717) is 13.0 Å². The average molecular weight is 449 g/mol. The molecular weight excluding hydrogens is 421 g/mol. The van der Waals surface area contributed by atoms with Crippen LogP contribution in [0.2, 0.25) is 0 Å². The molecule has 2 fully saturated rings. The molecule has 7 nitrogen and oxygen atoms in total. The molecule has 136 valence electrons. The molecule has 1 unspecified atom stereocenters. The van der Waals surface area contributed by atoms with E-state index < -0.39 is 0 Å². The van der Waals surface area contributed by atoms with E-state index in [1.807, 2.05) is 11.8 Å². The number of rotatable bonds is 4. The van der Waals surface area contributed by atoms with Crippen LogP contribution < -0.4 is 5.32 Å². The van der Waals surface area contributed by atoms with Crippen LogP contribution in [0.4, 0.5) is 0 Å². The van der Waals surface area contributed by atoms with E-state index in [2.05, 4.69) is 21.8 Å². The Kier molecular flexibility index (Phi) is 7.98. The second kappa shape index (κ2) is 9.24. The van der Waals surface area contributed by atoms with Gasteiger partial charge in [0.05, 0.1) is 0 Å². The van der Waals surface area contributed by atoms with Crippen LogP contribution in [0.1, 0.15) is 19.8 Å². The molecule has 0 aromatic heterocycles. The van der Waals surface area contributed by atoms with Gasteiger partial charge in [-0.1, -0.05) is 12.2 Å². The third kappa shape index (κ3) is 5.35. The zero-order chi connectivity index (χ0) is 17.0. The maximum absolute atomic E-state index is 11.8. The monoisotopic (exact) mass is 449 g/mol. The Morgan fingerprint density at radius 3 is 2.75 bits per heavy atom. The molecule has 0 spiro atoms. The summed E-state index contributed by atoms with van der Waals surface area (Å²) in [5, 5.41) is 3.28. The second-order valence-corrected chi connectivity index (χ2v) is 6.46. The standard InChI is InChI=1S/C16H27N5O2.HI/c1-12(2)9-17-16(18-10-15(23)19(3)4)20-7-8-21-13(11-20)5-6-14(21)22;/h13H,1,5-11H2,2-4H3,(H,17,18);1H. The van der Waals surface area contributed by atoms with E-state index >= 15 is 0 Å². The number of carbonyl (C=O) groups excluding carboxylic acids is 2. The summed E-state index contributed by atoms with van der Waals surface area (Å²) in [6.45, 7) is 8.81. The average Bonchev–Trinajstić information content (AvgIpc) is 2.87. The van der Waals surface area contributed by atoms with Gasteiger partial charge in [-0.3, -0.25) is 9.59 Å². The molecule has 1 atom stereocenters. The fraction of sp³-hybridized carbons (Fsp3) is 0.688. The quantitative estimate of drug-likeness (QED) is 0.294. The number of amides is 2. The van der Waals surface area contributed by atoms with Crippen molar-refractivity contribution >= 4 is 41.8 Å². The zero-order valence-corrected chi connectivity index (χ0v) is 17.1. The van der Waals surface area contributed by atoms with Crippen LogP contribution in [0.15, 0.2) is 17.1 Å². The van der Waals surface area contributed by atoms with Gasteiger partial charge in [0.15, 0.2) is 5.96 Å². The minimum atomic E-state index is -0.0331. The first-order chi connectivity index (χ1) is 10.9. The van der Waals surface area contributed by atoms with Crippen molar-refractivity contribution in [3.63, 3.8) is 0 Å². The van der Waals surface area contributed by atoms with E-state index in [0.717, 1.165) is 37.6 Å². The molecule has 24 heavy (non-hydrogen) atoms. The van der Waals surface area contributed by atoms with E-state index in [1.54, 1.807) is 14.1 Å². The Hall–Kier alpha value is -1.32. The number of hydrogen-bond acceptors (Lipinski definition) is 3. The predicted octanol–water partition coefficient (Wildman–Crippen LogP) is 0.521. The lowest BCUT2D eigenvalue weighted by Gasteiger charge is -2.39. The maximum Gasteiger partial charge on any atom is 0.243 e. The van der Waals surface area contributed by atoms with Gasteiger partial charge in [0.25, 0.3) is 0 Å². The number of carbonyl (C=O) groups is 2. The van der Waals surface area contributed by atoms with Crippen LogP contribution in [0, 0.1) is 0 Å². The summed E-state index contributed by atoms with van der Waals surface area (Å²) in [5.74, 6) is 0.947. The SMILES string of the molecule is C=C(C)CNC(=NCC(=O)N(C)C)N1CCN2C(=O)CCC2C1.I. The van der Waals surface area contributed by atoms with Gasteiger partial charge in [-0.05, 0) is 13.3 Å². The minimum Gasteiger partial charge on any atom is -0.352 e. The van der Waals surface area contributed by atoms with Gasteiger partial charge in [-0.25, -0.2) is 4.99 Å². The molecule has 0 radical (unpaired) electrons.